The lowest BCUT2D eigenvalue weighted by Gasteiger charge is -2.29. The molecule has 4 rings (SSSR count). The molecule has 0 radical (unpaired) electrons. The molecule has 0 aromatic carbocycles. The lowest BCUT2D eigenvalue weighted by molar-refractivity contribution is -0.216. The molecule has 5 atom stereocenters. The quantitative estimate of drug-likeness (QED) is 0.281. The number of ether oxygens (including phenoxy) is 6. The smallest absolute Gasteiger partial charge is 0.330 e. The summed E-state index contributed by atoms with van der Waals surface area (Å²) in [6.45, 7) is 3.57. The van der Waals surface area contributed by atoms with E-state index in [1.165, 1.54) is 35.1 Å². The van der Waals surface area contributed by atoms with Gasteiger partial charge in [-0.25, -0.2) is 9.59 Å². The van der Waals surface area contributed by atoms with Crippen molar-refractivity contribution < 1.29 is 33.2 Å². The highest BCUT2D eigenvalue weighted by atomic mass is 16.7. The molecular weight excluding hydrogens is 484 g/mol. The van der Waals surface area contributed by atoms with E-state index in [9.17, 15) is 14.4 Å². The normalized spacial score (nSPS) is 28.7. The first-order chi connectivity index (χ1) is 18.0. The predicted molar refractivity (Wildman–Crippen MR) is 133 cm³/mol. The van der Waals surface area contributed by atoms with Crippen molar-refractivity contribution in [3.63, 3.8) is 0 Å². The highest BCUT2D eigenvalue weighted by Crippen LogP contribution is 2.33. The van der Waals surface area contributed by atoms with Crippen molar-refractivity contribution >= 4 is 12.0 Å². The van der Waals surface area contributed by atoms with Crippen molar-refractivity contribution in [3.8, 4) is 0 Å². The maximum Gasteiger partial charge on any atom is 0.330 e. The summed E-state index contributed by atoms with van der Waals surface area (Å²) in [4.78, 5) is 38.8. The number of aromatic amines is 1. The number of carbonyl (C=O) groups excluding carboxylic acids is 1. The van der Waals surface area contributed by atoms with Crippen molar-refractivity contribution in [2.24, 2.45) is 0 Å². The van der Waals surface area contributed by atoms with Crippen molar-refractivity contribution in [1.82, 2.24) is 9.55 Å². The van der Waals surface area contributed by atoms with Gasteiger partial charge in [0.1, 0.15) is 12.3 Å². The fraction of sp³-hybridized carbons (Fsp3) is 0.654. The van der Waals surface area contributed by atoms with E-state index in [2.05, 4.69) is 4.98 Å². The van der Waals surface area contributed by atoms with E-state index in [4.69, 9.17) is 28.4 Å². The number of esters is 1. The van der Waals surface area contributed by atoms with Gasteiger partial charge in [-0.3, -0.25) is 14.3 Å². The fourth-order valence-electron chi connectivity index (χ4n) is 4.54. The molecule has 4 heterocycles. The van der Waals surface area contributed by atoms with Gasteiger partial charge in [-0.1, -0.05) is 12.2 Å². The molecule has 0 amide bonds. The first kappa shape index (κ1) is 27.5. The van der Waals surface area contributed by atoms with Gasteiger partial charge in [0, 0.05) is 31.9 Å². The summed E-state index contributed by atoms with van der Waals surface area (Å²) < 4.78 is 36.1. The minimum absolute atomic E-state index is 0.236. The van der Waals surface area contributed by atoms with Crippen LogP contribution in [0.4, 0.5) is 0 Å². The zero-order chi connectivity index (χ0) is 26.0. The first-order valence-electron chi connectivity index (χ1n) is 13.1. The maximum atomic E-state index is 12.7. The second-order valence-corrected chi connectivity index (χ2v) is 9.19. The molecular formula is C26H36N2O9. The lowest BCUT2D eigenvalue weighted by atomic mass is 10.1. The highest BCUT2D eigenvalue weighted by Gasteiger charge is 2.40. The largest absolute Gasteiger partial charge is 0.463 e. The number of aromatic nitrogens is 2. The standard InChI is InChI=1S/C26H36N2O9/c1-2-32-22(29)10-4-3-9-18-16-28(26(31)27-25(18)30)21-15-19(37-24-12-6-8-14-34-24)20(36-21)17-35-23-11-5-7-13-33-23/h3-4,9-10,16,19-21,23-24H,2,5-8,11-15,17H2,1H3,(H,27,30,31)/t19-,20+,21+,23?,24?/m0/s1. The van der Waals surface area contributed by atoms with Crippen molar-refractivity contribution in [2.45, 2.75) is 82.9 Å². The molecule has 3 fully saturated rings. The first-order valence-corrected chi connectivity index (χ1v) is 13.1. The van der Waals surface area contributed by atoms with Gasteiger partial charge >= 0.3 is 11.7 Å². The molecule has 37 heavy (non-hydrogen) atoms. The highest BCUT2D eigenvalue weighted by molar-refractivity contribution is 5.82. The summed E-state index contributed by atoms with van der Waals surface area (Å²) >= 11 is 0. The topological polar surface area (TPSA) is 127 Å². The third-order valence-corrected chi connectivity index (χ3v) is 6.44. The Kier molecular flexibility index (Phi) is 10.3. The molecule has 204 valence electrons. The molecule has 0 saturated carbocycles. The van der Waals surface area contributed by atoms with Crippen LogP contribution in [0.2, 0.25) is 0 Å². The Bertz CT molecular complexity index is 1050. The second kappa shape index (κ2) is 13.8. The molecule has 0 aliphatic carbocycles. The molecule has 2 unspecified atom stereocenters. The molecule has 3 saturated heterocycles. The van der Waals surface area contributed by atoms with Crippen LogP contribution in [0.25, 0.3) is 6.08 Å². The van der Waals surface area contributed by atoms with E-state index in [0.717, 1.165) is 38.5 Å². The van der Waals surface area contributed by atoms with E-state index < -0.39 is 29.6 Å². The van der Waals surface area contributed by atoms with Crippen LogP contribution in [-0.4, -0.2) is 66.7 Å². The average molecular weight is 521 g/mol. The maximum absolute atomic E-state index is 12.7. The van der Waals surface area contributed by atoms with Gasteiger partial charge in [-0.15, -0.1) is 0 Å². The van der Waals surface area contributed by atoms with Crippen LogP contribution < -0.4 is 11.2 Å². The Morgan fingerprint density at radius 3 is 2.57 bits per heavy atom. The Hall–Kier alpha value is -2.57. The van der Waals surface area contributed by atoms with Gasteiger partial charge < -0.3 is 28.4 Å². The summed E-state index contributed by atoms with van der Waals surface area (Å²) in [5.74, 6) is -0.481. The molecule has 1 aromatic heterocycles. The van der Waals surface area contributed by atoms with E-state index in [-0.39, 0.29) is 37.5 Å². The molecule has 11 heteroatoms. The van der Waals surface area contributed by atoms with Crippen LogP contribution in [0.15, 0.2) is 34.0 Å². The second-order valence-electron chi connectivity index (χ2n) is 9.19. The molecule has 1 aromatic rings. The van der Waals surface area contributed by atoms with Crippen molar-refractivity contribution in [1.29, 1.82) is 0 Å². The summed E-state index contributed by atoms with van der Waals surface area (Å²) in [5.41, 5.74) is -0.892. The van der Waals surface area contributed by atoms with Crippen LogP contribution in [0.3, 0.4) is 0 Å². The minimum Gasteiger partial charge on any atom is -0.463 e. The zero-order valence-corrected chi connectivity index (χ0v) is 21.2. The third-order valence-electron chi connectivity index (χ3n) is 6.44. The number of H-pyrrole nitrogens is 1. The van der Waals surface area contributed by atoms with Gasteiger partial charge in [0.05, 0.1) is 24.9 Å². The summed E-state index contributed by atoms with van der Waals surface area (Å²) in [7, 11) is 0. The molecule has 1 N–H and O–H groups in total. The molecule has 3 aliphatic heterocycles. The molecule has 11 nitrogen and oxygen atoms in total. The molecule has 0 bridgehead atoms. The molecule has 3 aliphatic rings. The monoisotopic (exact) mass is 520 g/mol. The van der Waals surface area contributed by atoms with Gasteiger partial charge in [-0.05, 0) is 51.5 Å². The number of allylic oxidation sites excluding steroid dienone is 2. The van der Waals surface area contributed by atoms with Crippen LogP contribution >= 0.6 is 0 Å². The Morgan fingerprint density at radius 1 is 1.11 bits per heavy atom. The fourth-order valence-corrected chi connectivity index (χ4v) is 4.54. The average Bonchev–Trinajstić information content (AvgIpc) is 3.30. The summed E-state index contributed by atoms with van der Waals surface area (Å²) in [6.07, 6.45) is 11.2. The Morgan fingerprint density at radius 2 is 1.86 bits per heavy atom. The van der Waals surface area contributed by atoms with E-state index in [1.807, 2.05) is 0 Å². The predicted octanol–water partition coefficient (Wildman–Crippen LogP) is 2.41. The number of rotatable bonds is 10. The van der Waals surface area contributed by atoms with Gasteiger partial charge in [0.25, 0.3) is 5.56 Å². The lowest BCUT2D eigenvalue weighted by Crippen LogP contribution is -2.36. The van der Waals surface area contributed by atoms with Crippen molar-refractivity contribution in [2.75, 3.05) is 26.4 Å². The van der Waals surface area contributed by atoms with Crippen LogP contribution in [0.5, 0.6) is 0 Å². The van der Waals surface area contributed by atoms with Crippen LogP contribution in [0.1, 0.15) is 63.7 Å². The summed E-state index contributed by atoms with van der Waals surface area (Å²) in [5, 5.41) is 0. The number of hydrogen-bond donors (Lipinski definition) is 1. The Labute approximate surface area is 215 Å². The SMILES string of the molecule is CCOC(=O)C=CC=Cc1cn([C@H]2C[C@H](OC3CCCCO3)[C@@H](COC3CCCCO3)O2)c(=O)[nH]c1=O. The van der Waals surface area contributed by atoms with E-state index >= 15 is 0 Å². The molecule has 0 spiro atoms. The van der Waals surface area contributed by atoms with Gasteiger partial charge in [0.2, 0.25) is 0 Å². The van der Waals surface area contributed by atoms with Gasteiger partial charge in [0.15, 0.2) is 12.6 Å². The third kappa shape index (κ3) is 7.96. The minimum atomic E-state index is -0.666. The van der Waals surface area contributed by atoms with Crippen molar-refractivity contribution in [3.05, 3.63) is 50.8 Å². The van der Waals surface area contributed by atoms with E-state index in [1.54, 1.807) is 6.92 Å². The number of nitrogens with zero attached hydrogens (tertiary/aromatic N) is 1. The Balaban J connectivity index is 1.47. The van der Waals surface area contributed by atoms with Gasteiger partial charge in [-0.2, -0.15) is 0 Å². The number of nitrogens with one attached hydrogen (secondary N) is 1. The zero-order valence-electron chi connectivity index (χ0n) is 21.2. The van der Waals surface area contributed by atoms with E-state index in [0.29, 0.717) is 19.6 Å². The van der Waals surface area contributed by atoms with Crippen LogP contribution in [0, 0.1) is 0 Å². The summed E-state index contributed by atoms with van der Waals surface area (Å²) in [6, 6.07) is 0. The number of carbonyl (C=O) groups is 1. The van der Waals surface area contributed by atoms with Crippen LogP contribution in [-0.2, 0) is 33.2 Å². The number of hydrogen-bond acceptors (Lipinski definition) is 9.